The highest BCUT2D eigenvalue weighted by molar-refractivity contribution is 5.79. The highest BCUT2D eigenvalue weighted by Gasteiger charge is 2.34. The Labute approximate surface area is 113 Å². The van der Waals surface area contributed by atoms with Crippen LogP contribution in [0.2, 0.25) is 0 Å². The van der Waals surface area contributed by atoms with E-state index in [4.69, 9.17) is 0 Å². The SMILES string of the molecule is CCNC(C)(CN(CC)c1ccc(F)cc1)C(=O)O. The van der Waals surface area contributed by atoms with Gasteiger partial charge in [-0.3, -0.25) is 4.79 Å². The second-order valence-electron chi connectivity index (χ2n) is 4.66. The average molecular weight is 268 g/mol. The Hall–Kier alpha value is -1.62. The van der Waals surface area contributed by atoms with E-state index in [0.29, 0.717) is 19.6 Å². The highest BCUT2D eigenvalue weighted by Crippen LogP contribution is 2.18. The van der Waals surface area contributed by atoms with Crippen LogP contribution in [0.15, 0.2) is 24.3 Å². The molecule has 1 aromatic carbocycles. The van der Waals surface area contributed by atoms with Crippen LogP contribution in [0.4, 0.5) is 10.1 Å². The Morgan fingerprint density at radius 2 is 1.95 bits per heavy atom. The first kappa shape index (κ1) is 15.4. The predicted molar refractivity (Wildman–Crippen MR) is 74.0 cm³/mol. The first-order chi connectivity index (χ1) is 8.92. The fourth-order valence-electron chi connectivity index (χ4n) is 2.01. The van der Waals surface area contributed by atoms with Crippen LogP contribution in [-0.4, -0.2) is 36.2 Å². The van der Waals surface area contributed by atoms with Crippen LogP contribution in [0.25, 0.3) is 0 Å². The van der Waals surface area contributed by atoms with Gasteiger partial charge in [0.05, 0.1) is 0 Å². The van der Waals surface area contributed by atoms with Gasteiger partial charge < -0.3 is 15.3 Å². The molecule has 19 heavy (non-hydrogen) atoms. The smallest absolute Gasteiger partial charge is 0.325 e. The monoisotopic (exact) mass is 268 g/mol. The van der Waals surface area contributed by atoms with Crippen LogP contribution in [0.5, 0.6) is 0 Å². The zero-order valence-electron chi connectivity index (χ0n) is 11.6. The van der Waals surface area contributed by atoms with Crippen molar-refractivity contribution in [3.8, 4) is 0 Å². The molecule has 0 heterocycles. The Morgan fingerprint density at radius 3 is 2.37 bits per heavy atom. The Balaban J connectivity index is 2.91. The van der Waals surface area contributed by atoms with Gasteiger partial charge >= 0.3 is 5.97 Å². The molecule has 0 bridgehead atoms. The van der Waals surface area contributed by atoms with Gasteiger partial charge in [0, 0.05) is 18.8 Å². The van der Waals surface area contributed by atoms with Gasteiger partial charge in [0.15, 0.2) is 0 Å². The molecule has 0 aliphatic heterocycles. The number of nitrogens with one attached hydrogen (secondary N) is 1. The van der Waals surface area contributed by atoms with Gasteiger partial charge in [0.1, 0.15) is 11.4 Å². The maximum atomic E-state index is 12.9. The number of carbonyl (C=O) groups is 1. The number of likely N-dealkylation sites (N-methyl/N-ethyl adjacent to an activating group) is 2. The standard InChI is InChI=1S/C14H21FN2O2/c1-4-16-14(3,13(18)19)10-17(5-2)12-8-6-11(15)7-9-12/h6-9,16H,4-5,10H2,1-3H3,(H,18,19). The van der Waals surface area contributed by atoms with E-state index in [1.165, 1.54) is 12.1 Å². The first-order valence-electron chi connectivity index (χ1n) is 6.42. The van der Waals surface area contributed by atoms with Crippen LogP contribution >= 0.6 is 0 Å². The molecule has 0 aliphatic rings. The second kappa shape index (κ2) is 6.52. The summed E-state index contributed by atoms with van der Waals surface area (Å²) in [6.45, 7) is 7.01. The zero-order chi connectivity index (χ0) is 14.5. The van der Waals surface area contributed by atoms with E-state index in [0.717, 1.165) is 5.69 Å². The number of aliphatic carboxylic acids is 1. The van der Waals surface area contributed by atoms with E-state index in [1.807, 2.05) is 18.7 Å². The Kier molecular flexibility index (Phi) is 5.30. The molecular weight excluding hydrogens is 247 g/mol. The first-order valence-corrected chi connectivity index (χ1v) is 6.42. The third-order valence-electron chi connectivity index (χ3n) is 3.12. The second-order valence-corrected chi connectivity index (χ2v) is 4.66. The number of hydrogen-bond donors (Lipinski definition) is 2. The number of benzene rings is 1. The number of carboxylic acid groups (broad SMARTS) is 1. The summed E-state index contributed by atoms with van der Waals surface area (Å²) < 4.78 is 12.9. The fraction of sp³-hybridized carbons (Fsp3) is 0.500. The van der Waals surface area contributed by atoms with Crippen molar-refractivity contribution in [3.63, 3.8) is 0 Å². The van der Waals surface area contributed by atoms with E-state index in [-0.39, 0.29) is 5.82 Å². The molecule has 1 atom stereocenters. The van der Waals surface area contributed by atoms with E-state index in [2.05, 4.69) is 5.32 Å². The molecule has 1 aromatic rings. The predicted octanol–water partition coefficient (Wildman–Crippen LogP) is 2.10. The average Bonchev–Trinajstić information content (AvgIpc) is 2.37. The number of hydrogen-bond acceptors (Lipinski definition) is 3. The van der Waals surface area contributed by atoms with Gasteiger partial charge in [0.25, 0.3) is 0 Å². The van der Waals surface area contributed by atoms with Crippen molar-refractivity contribution < 1.29 is 14.3 Å². The van der Waals surface area contributed by atoms with E-state index in [1.54, 1.807) is 19.1 Å². The molecule has 0 saturated carbocycles. The molecule has 1 rings (SSSR count). The summed E-state index contributed by atoms with van der Waals surface area (Å²) in [6, 6.07) is 6.08. The molecular formula is C14H21FN2O2. The summed E-state index contributed by atoms with van der Waals surface area (Å²) in [5.74, 6) is -1.19. The summed E-state index contributed by atoms with van der Waals surface area (Å²) in [5, 5.41) is 12.3. The molecule has 106 valence electrons. The maximum Gasteiger partial charge on any atom is 0.325 e. The summed E-state index contributed by atoms with van der Waals surface area (Å²) in [5.41, 5.74) is -0.214. The van der Waals surface area contributed by atoms with Crippen molar-refractivity contribution in [3.05, 3.63) is 30.1 Å². The molecule has 0 fully saturated rings. The highest BCUT2D eigenvalue weighted by atomic mass is 19.1. The van der Waals surface area contributed by atoms with Gasteiger partial charge in [-0.05, 0) is 44.7 Å². The summed E-state index contributed by atoms with van der Waals surface area (Å²) in [7, 11) is 0. The lowest BCUT2D eigenvalue weighted by Gasteiger charge is -2.33. The van der Waals surface area contributed by atoms with Gasteiger partial charge in [-0.1, -0.05) is 6.92 Å². The fourth-order valence-corrected chi connectivity index (χ4v) is 2.01. The minimum Gasteiger partial charge on any atom is -0.480 e. The van der Waals surface area contributed by atoms with E-state index in [9.17, 15) is 14.3 Å². The molecule has 0 radical (unpaired) electrons. The number of anilines is 1. The van der Waals surface area contributed by atoms with Crippen LogP contribution in [0.3, 0.4) is 0 Å². The lowest BCUT2D eigenvalue weighted by molar-refractivity contribution is -0.143. The van der Waals surface area contributed by atoms with Gasteiger partial charge in [-0.15, -0.1) is 0 Å². The normalized spacial score (nSPS) is 13.9. The molecule has 0 saturated heterocycles. The van der Waals surface area contributed by atoms with Crippen molar-refractivity contribution in [1.29, 1.82) is 0 Å². The van der Waals surface area contributed by atoms with E-state index >= 15 is 0 Å². The van der Waals surface area contributed by atoms with Crippen molar-refractivity contribution in [1.82, 2.24) is 5.32 Å². The third kappa shape index (κ3) is 3.92. The largest absolute Gasteiger partial charge is 0.480 e. The lowest BCUT2D eigenvalue weighted by atomic mass is 10.0. The molecule has 4 nitrogen and oxygen atoms in total. The number of carboxylic acids is 1. The van der Waals surface area contributed by atoms with Gasteiger partial charge in [0.2, 0.25) is 0 Å². The Bertz CT molecular complexity index is 422. The van der Waals surface area contributed by atoms with Crippen LogP contribution in [0, 0.1) is 5.82 Å². The number of nitrogens with zero attached hydrogens (tertiary/aromatic N) is 1. The lowest BCUT2D eigenvalue weighted by Crippen LogP contribution is -2.57. The number of rotatable bonds is 7. The van der Waals surface area contributed by atoms with Crippen LogP contribution in [-0.2, 0) is 4.79 Å². The molecule has 0 spiro atoms. The van der Waals surface area contributed by atoms with Crippen molar-refractivity contribution in [2.75, 3.05) is 24.5 Å². The maximum absolute atomic E-state index is 12.9. The summed E-state index contributed by atoms with van der Waals surface area (Å²) in [6.07, 6.45) is 0. The van der Waals surface area contributed by atoms with Crippen LogP contribution in [0.1, 0.15) is 20.8 Å². The zero-order valence-corrected chi connectivity index (χ0v) is 11.6. The summed E-state index contributed by atoms with van der Waals surface area (Å²) >= 11 is 0. The molecule has 0 aromatic heterocycles. The van der Waals surface area contributed by atoms with E-state index < -0.39 is 11.5 Å². The topological polar surface area (TPSA) is 52.6 Å². The van der Waals surface area contributed by atoms with Gasteiger partial charge in [-0.2, -0.15) is 0 Å². The third-order valence-corrected chi connectivity index (χ3v) is 3.12. The Morgan fingerprint density at radius 1 is 1.37 bits per heavy atom. The van der Waals surface area contributed by atoms with Gasteiger partial charge in [-0.25, -0.2) is 4.39 Å². The minimum absolute atomic E-state index is 0.299. The minimum atomic E-state index is -1.03. The molecule has 1 unspecified atom stereocenters. The van der Waals surface area contributed by atoms with Crippen molar-refractivity contribution in [2.24, 2.45) is 0 Å². The van der Waals surface area contributed by atoms with Crippen molar-refractivity contribution in [2.45, 2.75) is 26.3 Å². The molecule has 5 heteroatoms. The van der Waals surface area contributed by atoms with Crippen LogP contribution < -0.4 is 10.2 Å². The summed E-state index contributed by atoms with van der Waals surface area (Å²) in [4.78, 5) is 13.3. The number of halogens is 1. The van der Waals surface area contributed by atoms with Crippen molar-refractivity contribution >= 4 is 11.7 Å². The molecule has 2 N–H and O–H groups in total. The quantitative estimate of drug-likeness (QED) is 0.795. The molecule has 0 amide bonds. The molecule has 0 aliphatic carbocycles.